The minimum Gasteiger partial charge on any atom is -0.423 e. The first kappa shape index (κ1) is 8.71. The molecule has 0 bridgehead atoms. The predicted molar refractivity (Wildman–Crippen MR) is 46.5 cm³/mol. The zero-order valence-corrected chi connectivity index (χ0v) is 7.54. The highest BCUT2D eigenvalue weighted by atomic mass is 79.9. The topological polar surface area (TPSA) is 53.4 Å². The van der Waals surface area contributed by atoms with Gasteiger partial charge in [-0.2, -0.15) is 0 Å². The van der Waals surface area contributed by atoms with Crippen LogP contribution in [0.3, 0.4) is 0 Å². The average Bonchev–Trinajstić information content (AvgIpc) is 1.94. The summed E-state index contributed by atoms with van der Waals surface area (Å²) in [7, 11) is -1.44. The second-order valence-corrected chi connectivity index (χ2v) is 3.12. The molecule has 0 aliphatic carbocycles. The number of hydrogen-bond donors (Lipinski definition) is 2. The fourth-order valence-corrected chi connectivity index (χ4v) is 1.13. The van der Waals surface area contributed by atoms with Crippen LogP contribution in [0.15, 0.2) is 16.7 Å². The van der Waals surface area contributed by atoms with Crippen molar-refractivity contribution >= 4 is 28.5 Å². The molecule has 1 rings (SSSR count). The van der Waals surface area contributed by atoms with Crippen molar-refractivity contribution in [2.75, 3.05) is 0 Å². The molecule has 1 heterocycles. The Balaban J connectivity index is 3.13. The maximum absolute atomic E-state index is 8.82. The van der Waals surface area contributed by atoms with E-state index >= 15 is 0 Å². The molecule has 1 aromatic rings. The SMILES string of the molecule is Cc1ncc(Br)cc1B(O)O. The zero-order chi connectivity index (χ0) is 8.43. The first-order valence-corrected chi connectivity index (χ1v) is 3.88. The van der Waals surface area contributed by atoms with E-state index in [0.29, 0.717) is 11.2 Å². The number of pyridine rings is 1. The molecule has 11 heavy (non-hydrogen) atoms. The Morgan fingerprint density at radius 3 is 2.64 bits per heavy atom. The van der Waals surface area contributed by atoms with Gasteiger partial charge in [-0.05, 0) is 28.9 Å². The Labute approximate surface area is 73.4 Å². The smallest absolute Gasteiger partial charge is 0.423 e. The maximum Gasteiger partial charge on any atom is 0.490 e. The number of halogens is 1. The second kappa shape index (κ2) is 3.34. The van der Waals surface area contributed by atoms with E-state index in [1.165, 1.54) is 0 Å². The molecule has 0 fully saturated rings. The lowest BCUT2D eigenvalue weighted by Gasteiger charge is -2.02. The van der Waals surface area contributed by atoms with Crippen molar-refractivity contribution in [3.63, 3.8) is 0 Å². The normalized spacial score (nSPS) is 9.82. The van der Waals surface area contributed by atoms with Crippen LogP contribution in [0.4, 0.5) is 0 Å². The van der Waals surface area contributed by atoms with Crippen LogP contribution in [0.2, 0.25) is 0 Å². The maximum atomic E-state index is 8.82. The van der Waals surface area contributed by atoms with Gasteiger partial charge in [-0.1, -0.05) is 0 Å². The molecule has 0 aliphatic rings. The summed E-state index contributed by atoms with van der Waals surface area (Å²) in [6, 6.07) is 1.63. The average molecular weight is 216 g/mol. The lowest BCUT2D eigenvalue weighted by molar-refractivity contribution is 0.425. The molecule has 2 N–H and O–H groups in total. The molecule has 0 saturated carbocycles. The van der Waals surface area contributed by atoms with Crippen molar-refractivity contribution in [2.45, 2.75) is 6.92 Å². The van der Waals surface area contributed by atoms with Crippen LogP contribution in [0.25, 0.3) is 0 Å². The predicted octanol–water partition coefficient (Wildman–Crippen LogP) is -0.168. The third-order valence-electron chi connectivity index (χ3n) is 1.37. The van der Waals surface area contributed by atoms with E-state index in [1.807, 2.05) is 0 Å². The molecule has 58 valence electrons. The van der Waals surface area contributed by atoms with Gasteiger partial charge in [-0.25, -0.2) is 0 Å². The Morgan fingerprint density at radius 1 is 1.55 bits per heavy atom. The van der Waals surface area contributed by atoms with Gasteiger partial charge in [0.15, 0.2) is 0 Å². The van der Waals surface area contributed by atoms with Crippen LogP contribution >= 0.6 is 15.9 Å². The number of hydrogen-bond acceptors (Lipinski definition) is 3. The van der Waals surface area contributed by atoms with Crippen LogP contribution in [0, 0.1) is 6.92 Å². The van der Waals surface area contributed by atoms with Gasteiger partial charge >= 0.3 is 7.12 Å². The number of nitrogens with zero attached hydrogens (tertiary/aromatic N) is 1. The molecule has 0 aromatic carbocycles. The van der Waals surface area contributed by atoms with Crippen molar-refractivity contribution in [1.82, 2.24) is 4.98 Å². The van der Waals surface area contributed by atoms with Crippen LogP contribution in [-0.2, 0) is 0 Å². The molecule has 0 spiro atoms. The molecule has 0 atom stereocenters. The van der Waals surface area contributed by atoms with Gasteiger partial charge in [-0.15, -0.1) is 0 Å². The highest BCUT2D eigenvalue weighted by molar-refractivity contribution is 9.10. The van der Waals surface area contributed by atoms with Crippen LogP contribution in [0.1, 0.15) is 5.69 Å². The van der Waals surface area contributed by atoms with Gasteiger partial charge in [-0.3, -0.25) is 4.98 Å². The Kier molecular flexibility index (Phi) is 2.65. The highest BCUT2D eigenvalue weighted by Gasteiger charge is 2.14. The van der Waals surface area contributed by atoms with Crippen molar-refractivity contribution in [3.05, 3.63) is 22.4 Å². The summed E-state index contributed by atoms with van der Waals surface area (Å²) in [5, 5.41) is 17.6. The number of aromatic nitrogens is 1. The first-order chi connectivity index (χ1) is 5.11. The number of rotatable bonds is 1. The summed E-state index contributed by atoms with van der Waals surface area (Å²) in [5.41, 5.74) is 1.06. The fourth-order valence-electron chi connectivity index (χ4n) is 0.785. The molecule has 0 unspecified atom stereocenters. The van der Waals surface area contributed by atoms with E-state index in [9.17, 15) is 0 Å². The van der Waals surface area contributed by atoms with Gasteiger partial charge in [0.1, 0.15) is 0 Å². The Morgan fingerprint density at radius 2 is 2.18 bits per heavy atom. The first-order valence-electron chi connectivity index (χ1n) is 3.09. The van der Waals surface area contributed by atoms with Gasteiger partial charge in [0.2, 0.25) is 0 Å². The van der Waals surface area contributed by atoms with Crippen molar-refractivity contribution in [3.8, 4) is 0 Å². The lowest BCUT2D eigenvalue weighted by atomic mass is 9.79. The van der Waals surface area contributed by atoms with Crippen LogP contribution in [0.5, 0.6) is 0 Å². The summed E-state index contributed by atoms with van der Waals surface area (Å²) in [5.74, 6) is 0. The summed E-state index contributed by atoms with van der Waals surface area (Å²) >= 11 is 3.18. The monoisotopic (exact) mass is 215 g/mol. The zero-order valence-electron chi connectivity index (χ0n) is 5.95. The molecular formula is C6H7BBrNO2. The quantitative estimate of drug-likeness (QED) is 0.640. The molecular weight excluding hydrogens is 209 g/mol. The van der Waals surface area contributed by atoms with Gasteiger partial charge < -0.3 is 10.0 Å². The minimum absolute atomic E-state index is 0.430. The van der Waals surface area contributed by atoms with Crippen molar-refractivity contribution in [2.24, 2.45) is 0 Å². The van der Waals surface area contributed by atoms with E-state index in [-0.39, 0.29) is 0 Å². The minimum atomic E-state index is -1.44. The van der Waals surface area contributed by atoms with Crippen LogP contribution < -0.4 is 5.46 Å². The third kappa shape index (κ3) is 2.02. The van der Waals surface area contributed by atoms with Gasteiger partial charge in [0.25, 0.3) is 0 Å². The standard InChI is InChI=1S/C6H7BBrNO2/c1-4-6(7(10)11)2-5(8)3-9-4/h2-3,10-11H,1H3. The molecule has 0 aliphatic heterocycles. The summed E-state index contributed by atoms with van der Waals surface area (Å²) in [6.45, 7) is 1.72. The Hall–Kier alpha value is -0.385. The summed E-state index contributed by atoms with van der Waals surface area (Å²) in [4.78, 5) is 3.93. The van der Waals surface area contributed by atoms with E-state index in [4.69, 9.17) is 10.0 Å². The lowest BCUT2D eigenvalue weighted by Crippen LogP contribution is -2.32. The number of aryl methyl sites for hydroxylation is 1. The second-order valence-electron chi connectivity index (χ2n) is 2.20. The fraction of sp³-hybridized carbons (Fsp3) is 0.167. The van der Waals surface area contributed by atoms with Crippen LogP contribution in [-0.4, -0.2) is 22.2 Å². The van der Waals surface area contributed by atoms with E-state index in [0.717, 1.165) is 4.47 Å². The summed E-state index contributed by atoms with van der Waals surface area (Å²) in [6.07, 6.45) is 1.61. The molecule has 5 heteroatoms. The van der Waals surface area contributed by atoms with Gasteiger partial charge in [0, 0.05) is 21.8 Å². The van der Waals surface area contributed by atoms with Gasteiger partial charge in [0.05, 0.1) is 0 Å². The molecule has 0 amide bonds. The molecule has 1 aromatic heterocycles. The third-order valence-corrected chi connectivity index (χ3v) is 1.80. The highest BCUT2D eigenvalue weighted by Crippen LogP contribution is 2.05. The molecule has 3 nitrogen and oxygen atoms in total. The molecule has 0 radical (unpaired) electrons. The van der Waals surface area contributed by atoms with E-state index in [2.05, 4.69) is 20.9 Å². The van der Waals surface area contributed by atoms with E-state index < -0.39 is 7.12 Å². The van der Waals surface area contributed by atoms with Crippen molar-refractivity contribution < 1.29 is 10.0 Å². The Bertz CT molecular complexity index is 267. The van der Waals surface area contributed by atoms with Crippen molar-refractivity contribution in [1.29, 1.82) is 0 Å². The molecule has 0 saturated heterocycles. The summed E-state index contributed by atoms with van der Waals surface area (Å²) < 4.78 is 0.742. The largest absolute Gasteiger partial charge is 0.490 e. The van der Waals surface area contributed by atoms with E-state index in [1.54, 1.807) is 19.2 Å².